The van der Waals surface area contributed by atoms with E-state index in [1.54, 1.807) is 24.5 Å². The van der Waals surface area contributed by atoms with E-state index in [0.717, 1.165) is 28.7 Å². The Kier molecular flexibility index (Phi) is 3.35. The van der Waals surface area contributed by atoms with E-state index in [1.165, 1.54) is 0 Å². The quantitative estimate of drug-likeness (QED) is 0.580. The van der Waals surface area contributed by atoms with Gasteiger partial charge in [0, 0.05) is 22.4 Å². The van der Waals surface area contributed by atoms with Gasteiger partial charge in [0.2, 0.25) is 0 Å². The third kappa shape index (κ3) is 2.44. The summed E-state index contributed by atoms with van der Waals surface area (Å²) in [6.07, 6.45) is 4.16. The summed E-state index contributed by atoms with van der Waals surface area (Å²) in [4.78, 5) is 23.0. The van der Waals surface area contributed by atoms with Crippen molar-refractivity contribution < 1.29 is 14.0 Å². The molecule has 1 N–H and O–H groups in total. The molecule has 1 amide bonds. The minimum absolute atomic E-state index is 0.142. The maximum Gasteiger partial charge on any atom is 0.256 e. The molecule has 0 aliphatic carbocycles. The van der Waals surface area contributed by atoms with E-state index in [9.17, 15) is 9.59 Å². The van der Waals surface area contributed by atoms with E-state index in [-0.39, 0.29) is 5.91 Å². The lowest BCUT2D eigenvalue weighted by Gasteiger charge is -1.97. The number of anilines is 1. The van der Waals surface area contributed by atoms with Crippen LogP contribution in [0.15, 0.2) is 65.3 Å². The van der Waals surface area contributed by atoms with Crippen LogP contribution < -0.4 is 5.32 Å². The molecule has 0 saturated heterocycles. The Balaban J connectivity index is 1.71. The number of carbonyl (C=O) groups excluding carboxylic acids is 2. The number of para-hydroxylation sites is 1. The van der Waals surface area contributed by atoms with Crippen molar-refractivity contribution in [3.8, 4) is 11.1 Å². The Morgan fingerprint density at radius 2 is 1.83 bits per heavy atom. The Morgan fingerprint density at radius 1 is 0.958 bits per heavy atom. The topological polar surface area (TPSA) is 59.3 Å². The van der Waals surface area contributed by atoms with Gasteiger partial charge < -0.3 is 9.73 Å². The molecule has 0 fully saturated rings. The summed E-state index contributed by atoms with van der Waals surface area (Å²) in [7, 11) is 0. The third-order valence-electron chi connectivity index (χ3n) is 3.97. The van der Waals surface area contributed by atoms with Crippen molar-refractivity contribution >= 4 is 29.5 Å². The van der Waals surface area contributed by atoms with E-state index in [4.69, 9.17) is 4.42 Å². The fourth-order valence-electron chi connectivity index (χ4n) is 2.80. The zero-order chi connectivity index (χ0) is 16.5. The molecule has 0 radical (unpaired) electrons. The van der Waals surface area contributed by atoms with Crippen LogP contribution in [0.4, 0.5) is 5.69 Å². The molecule has 0 unspecified atom stereocenters. The van der Waals surface area contributed by atoms with Crippen LogP contribution in [0.25, 0.3) is 22.8 Å². The predicted molar refractivity (Wildman–Crippen MR) is 92.5 cm³/mol. The molecule has 1 aromatic heterocycles. The zero-order valence-corrected chi connectivity index (χ0v) is 12.7. The average molecular weight is 315 g/mol. The van der Waals surface area contributed by atoms with Crippen molar-refractivity contribution in [1.29, 1.82) is 0 Å². The van der Waals surface area contributed by atoms with Crippen molar-refractivity contribution in [2.24, 2.45) is 0 Å². The van der Waals surface area contributed by atoms with Crippen LogP contribution in [-0.2, 0) is 4.79 Å². The number of benzene rings is 2. The molecule has 2 heterocycles. The summed E-state index contributed by atoms with van der Waals surface area (Å²) in [6.45, 7) is 0. The largest absolute Gasteiger partial charge is 0.464 e. The monoisotopic (exact) mass is 315 g/mol. The van der Waals surface area contributed by atoms with Gasteiger partial charge in [-0.1, -0.05) is 36.4 Å². The first-order valence-corrected chi connectivity index (χ1v) is 7.51. The Labute approximate surface area is 138 Å². The molecule has 4 rings (SSSR count). The molecule has 24 heavy (non-hydrogen) atoms. The number of amides is 1. The van der Waals surface area contributed by atoms with E-state index in [2.05, 4.69) is 5.32 Å². The van der Waals surface area contributed by atoms with Crippen molar-refractivity contribution in [3.63, 3.8) is 0 Å². The molecule has 3 aromatic rings. The van der Waals surface area contributed by atoms with Gasteiger partial charge in [0.1, 0.15) is 12.0 Å². The zero-order valence-electron chi connectivity index (χ0n) is 12.7. The molecule has 0 spiro atoms. The van der Waals surface area contributed by atoms with Crippen LogP contribution >= 0.6 is 0 Å². The van der Waals surface area contributed by atoms with Crippen LogP contribution in [0.5, 0.6) is 0 Å². The lowest BCUT2D eigenvalue weighted by atomic mass is 10.0. The first kappa shape index (κ1) is 14.2. The van der Waals surface area contributed by atoms with E-state index >= 15 is 0 Å². The van der Waals surface area contributed by atoms with Crippen LogP contribution in [0.3, 0.4) is 0 Å². The van der Waals surface area contributed by atoms with E-state index in [1.807, 2.05) is 42.5 Å². The van der Waals surface area contributed by atoms with Gasteiger partial charge in [-0.3, -0.25) is 9.59 Å². The van der Waals surface area contributed by atoms with Crippen molar-refractivity contribution in [2.45, 2.75) is 0 Å². The summed E-state index contributed by atoms with van der Waals surface area (Å²) in [6, 6.07) is 16.7. The summed E-state index contributed by atoms with van der Waals surface area (Å²) >= 11 is 0. The van der Waals surface area contributed by atoms with E-state index in [0.29, 0.717) is 16.9 Å². The highest BCUT2D eigenvalue weighted by Crippen LogP contribution is 2.33. The molecule has 4 heteroatoms. The van der Waals surface area contributed by atoms with Gasteiger partial charge in [0.15, 0.2) is 0 Å². The lowest BCUT2D eigenvalue weighted by Crippen LogP contribution is -2.03. The summed E-state index contributed by atoms with van der Waals surface area (Å²) < 4.78 is 5.57. The van der Waals surface area contributed by atoms with Gasteiger partial charge in [0.25, 0.3) is 5.91 Å². The molecule has 1 aliphatic heterocycles. The molecule has 116 valence electrons. The highest BCUT2D eigenvalue weighted by Gasteiger charge is 2.23. The number of fused-ring (bicyclic) bond motifs is 1. The van der Waals surface area contributed by atoms with Gasteiger partial charge in [-0.05, 0) is 29.8 Å². The minimum Gasteiger partial charge on any atom is -0.464 e. The van der Waals surface area contributed by atoms with Crippen LogP contribution in [0, 0.1) is 0 Å². The Morgan fingerprint density at radius 3 is 2.71 bits per heavy atom. The van der Waals surface area contributed by atoms with Crippen LogP contribution in [-0.4, -0.2) is 12.2 Å². The molecule has 2 aromatic carbocycles. The smallest absolute Gasteiger partial charge is 0.256 e. The maximum atomic E-state index is 12.1. The number of furan rings is 1. The van der Waals surface area contributed by atoms with Crippen LogP contribution in [0.1, 0.15) is 21.7 Å². The Hall–Kier alpha value is -3.40. The standard InChI is InChI=1S/C20H13NO3/c22-11-13-4-3-5-14(8-13)15-9-16(24-12-15)10-18-17-6-1-2-7-19(17)21-20(18)23/h1-12H,(H,21,23)/b18-10+. The van der Waals surface area contributed by atoms with Gasteiger partial charge in [-0.15, -0.1) is 0 Å². The van der Waals surface area contributed by atoms with Crippen molar-refractivity contribution in [2.75, 3.05) is 5.32 Å². The second kappa shape index (κ2) is 5.66. The average Bonchev–Trinajstić information content (AvgIpc) is 3.20. The summed E-state index contributed by atoms with van der Waals surface area (Å²) in [5.41, 5.74) is 4.61. The first-order valence-electron chi connectivity index (χ1n) is 7.51. The number of hydrogen-bond donors (Lipinski definition) is 1. The highest BCUT2D eigenvalue weighted by molar-refractivity contribution is 6.34. The molecule has 1 aliphatic rings. The van der Waals surface area contributed by atoms with Crippen LogP contribution in [0.2, 0.25) is 0 Å². The lowest BCUT2D eigenvalue weighted by molar-refractivity contribution is -0.110. The molecule has 0 bridgehead atoms. The number of aldehydes is 1. The second-order valence-electron chi connectivity index (χ2n) is 5.54. The third-order valence-corrected chi connectivity index (χ3v) is 3.97. The first-order chi connectivity index (χ1) is 11.7. The normalized spacial score (nSPS) is 14.5. The van der Waals surface area contributed by atoms with Gasteiger partial charge in [-0.25, -0.2) is 0 Å². The van der Waals surface area contributed by atoms with Gasteiger partial charge in [0.05, 0.1) is 11.8 Å². The van der Waals surface area contributed by atoms with Gasteiger partial charge in [-0.2, -0.15) is 0 Å². The predicted octanol–water partition coefficient (Wildman–Crippen LogP) is 4.25. The number of carbonyl (C=O) groups is 2. The molecule has 0 atom stereocenters. The molecule has 4 nitrogen and oxygen atoms in total. The summed E-state index contributed by atoms with van der Waals surface area (Å²) in [5, 5.41) is 2.83. The fraction of sp³-hybridized carbons (Fsp3) is 0. The van der Waals surface area contributed by atoms with E-state index < -0.39 is 0 Å². The van der Waals surface area contributed by atoms with Gasteiger partial charge >= 0.3 is 0 Å². The molecule has 0 saturated carbocycles. The second-order valence-corrected chi connectivity index (χ2v) is 5.54. The number of hydrogen-bond acceptors (Lipinski definition) is 3. The molecular weight excluding hydrogens is 302 g/mol. The fourth-order valence-corrected chi connectivity index (χ4v) is 2.80. The molecular formula is C20H13NO3. The summed E-state index contributed by atoms with van der Waals surface area (Å²) in [5.74, 6) is 0.445. The van der Waals surface area contributed by atoms with Crippen molar-refractivity contribution in [3.05, 3.63) is 77.7 Å². The Bertz CT molecular complexity index is 982. The number of nitrogens with one attached hydrogen (secondary N) is 1. The minimum atomic E-state index is -0.142. The maximum absolute atomic E-state index is 12.1. The van der Waals surface area contributed by atoms with Crippen molar-refractivity contribution in [1.82, 2.24) is 0 Å². The highest BCUT2D eigenvalue weighted by atomic mass is 16.3. The number of rotatable bonds is 3. The SMILES string of the molecule is O=Cc1cccc(-c2coc(/C=C3/C(=O)Nc4ccccc43)c2)c1.